The molecule has 2 aromatic rings. The summed E-state index contributed by atoms with van der Waals surface area (Å²) in [6.07, 6.45) is 0. The first-order valence-corrected chi connectivity index (χ1v) is 4.93. The van der Waals surface area contributed by atoms with Gasteiger partial charge in [0.05, 0.1) is 12.8 Å². The van der Waals surface area contributed by atoms with E-state index in [-0.39, 0.29) is 5.69 Å². The van der Waals surface area contributed by atoms with Gasteiger partial charge < -0.3 is 9.84 Å². The molecule has 2 N–H and O–H groups in total. The molecule has 0 unspecified atom stereocenters. The zero-order valence-electron chi connectivity index (χ0n) is 9.31. The molecule has 0 saturated heterocycles. The van der Waals surface area contributed by atoms with Gasteiger partial charge in [0, 0.05) is 6.07 Å². The highest BCUT2D eigenvalue weighted by molar-refractivity contribution is 5.41. The van der Waals surface area contributed by atoms with Crippen molar-refractivity contribution in [2.45, 2.75) is 0 Å². The quantitative estimate of drug-likeness (QED) is 0.809. The van der Waals surface area contributed by atoms with E-state index >= 15 is 0 Å². The lowest BCUT2D eigenvalue weighted by Crippen LogP contribution is -2.30. The number of halogens is 1. The van der Waals surface area contributed by atoms with Crippen LogP contribution in [0.5, 0.6) is 11.6 Å². The van der Waals surface area contributed by atoms with Gasteiger partial charge in [0.25, 0.3) is 5.56 Å². The fraction of sp³-hybridized carbons (Fsp3) is 0.0909. The van der Waals surface area contributed by atoms with Crippen LogP contribution in [0.3, 0.4) is 0 Å². The first-order chi connectivity index (χ1) is 8.54. The molecule has 0 spiro atoms. The maximum absolute atomic E-state index is 13.3. The number of aromatic hydroxyl groups is 1. The predicted molar refractivity (Wildman–Crippen MR) is 60.8 cm³/mol. The summed E-state index contributed by atoms with van der Waals surface area (Å²) in [5.74, 6) is -2.04. The number of hydrogen-bond donors (Lipinski definition) is 2. The summed E-state index contributed by atoms with van der Waals surface area (Å²) in [6, 6.07) is 6.05. The summed E-state index contributed by atoms with van der Waals surface area (Å²) in [7, 11) is 1.43. The Labute approximate surface area is 99.9 Å². The van der Waals surface area contributed by atoms with Crippen LogP contribution >= 0.6 is 0 Å². The molecule has 0 fully saturated rings. The van der Waals surface area contributed by atoms with Crippen LogP contribution in [0.15, 0.2) is 33.9 Å². The van der Waals surface area contributed by atoms with E-state index < -0.39 is 22.9 Å². The topological polar surface area (TPSA) is 84.3 Å². The molecule has 0 aliphatic carbocycles. The van der Waals surface area contributed by atoms with Crippen molar-refractivity contribution in [1.29, 1.82) is 0 Å². The third-order valence-electron chi connectivity index (χ3n) is 2.34. The van der Waals surface area contributed by atoms with Gasteiger partial charge in [-0.25, -0.2) is 9.36 Å². The van der Waals surface area contributed by atoms with Crippen molar-refractivity contribution in [2.75, 3.05) is 7.11 Å². The minimum Gasteiger partial charge on any atom is -0.497 e. The highest BCUT2D eigenvalue weighted by Gasteiger charge is 2.15. The van der Waals surface area contributed by atoms with E-state index in [0.717, 1.165) is 0 Å². The van der Waals surface area contributed by atoms with Crippen LogP contribution in [-0.2, 0) is 0 Å². The van der Waals surface area contributed by atoms with Gasteiger partial charge in [-0.3, -0.25) is 9.78 Å². The summed E-state index contributed by atoms with van der Waals surface area (Å²) in [4.78, 5) is 24.3. The van der Waals surface area contributed by atoms with Crippen LogP contribution < -0.4 is 16.0 Å². The minimum atomic E-state index is -1.42. The molecule has 0 radical (unpaired) electrons. The van der Waals surface area contributed by atoms with Gasteiger partial charge in [0.2, 0.25) is 11.7 Å². The molecule has 94 valence electrons. The molecular formula is C11H9FN2O4. The summed E-state index contributed by atoms with van der Waals surface area (Å²) in [5.41, 5.74) is -2.03. The van der Waals surface area contributed by atoms with Gasteiger partial charge in [0.1, 0.15) is 5.75 Å². The number of H-pyrrole nitrogens is 1. The van der Waals surface area contributed by atoms with E-state index in [9.17, 15) is 19.1 Å². The molecule has 0 saturated carbocycles. The lowest BCUT2D eigenvalue weighted by atomic mass is 10.3. The molecular weight excluding hydrogens is 243 g/mol. The molecule has 7 heteroatoms. The molecule has 2 rings (SSSR count). The van der Waals surface area contributed by atoms with E-state index in [1.165, 1.54) is 19.2 Å². The largest absolute Gasteiger partial charge is 0.497 e. The average molecular weight is 252 g/mol. The number of aromatic nitrogens is 2. The third-order valence-corrected chi connectivity index (χ3v) is 2.34. The predicted octanol–water partition coefficient (Wildman–Crippen LogP) is 0.379. The van der Waals surface area contributed by atoms with Crippen molar-refractivity contribution in [1.82, 2.24) is 9.55 Å². The molecule has 0 aliphatic rings. The van der Waals surface area contributed by atoms with Crippen molar-refractivity contribution >= 4 is 0 Å². The van der Waals surface area contributed by atoms with E-state index in [1.54, 1.807) is 17.1 Å². The highest BCUT2D eigenvalue weighted by Crippen LogP contribution is 2.19. The second kappa shape index (κ2) is 4.36. The first kappa shape index (κ1) is 11.9. The van der Waals surface area contributed by atoms with E-state index in [0.29, 0.717) is 10.3 Å². The van der Waals surface area contributed by atoms with Crippen LogP contribution in [0.2, 0.25) is 0 Å². The molecule has 6 nitrogen and oxygen atoms in total. The zero-order valence-corrected chi connectivity index (χ0v) is 9.31. The van der Waals surface area contributed by atoms with Gasteiger partial charge in [-0.2, -0.15) is 4.39 Å². The fourth-order valence-corrected chi connectivity index (χ4v) is 1.49. The van der Waals surface area contributed by atoms with Gasteiger partial charge in [-0.15, -0.1) is 0 Å². The Balaban J connectivity index is 2.75. The van der Waals surface area contributed by atoms with Crippen molar-refractivity contribution in [3.63, 3.8) is 0 Å². The van der Waals surface area contributed by atoms with Crippen LogP contribution in [0.25, 0.3) is 5.69 Å². The lowest BCUT2D eigenvalue weighted by Gasteiger charge is -2.09. The fourth-order valence-electron chi connectivity index (χ4n) is 1.49. The number of rotatable bonds is 2. The summed E-state index contributed by atoms with van der Waals surface area (Å²) in [5, 5.41) is 9.50. The Morgan fingerprint density at radius 2 is 2.11 bits per heavy atom. The number of benzene rings is 1. The molecule has 18 heavy (non-hydrogen) atoms. The van der Waals surface area contributed by atoms with Crippen LogP contribution in [0.1, 0.15) is 0 Å². The average Bonchev–Trinajstić information content (AvgIpc) is 2.36. The van der Waals surface area contributed by atoms with Crippen LogP contribution in [0, 0.1) is 5.82 Å². The molecule has 1 aromatic heterocycles. The summed E-state index contributed by atoms with van der Waals surface area (Å²) >= 11 is 0. The Hall–Kier alpha value is -2.57. The van der Waals surface area contributed by atoms with Gasteiger partial charge in [-0.05, 0) is 12.1 Å². The van der Waals surface area contributed by atoms with Crippen molar-refractivity contribution in [3.8, 4) is 17.3 Å². The number of nitrogens with one attached hydrogen (secondary N) is 1. The number of aromatic amines is 1. The standard InChI is InChI=1S/C11H9FN2O4/c1-18-7-4-2-3-6(5-7)14-10(16)8(12)9(15)13-11(14)17/h2-5,16H,1H3,(H,13,15,17). The number of nitrogens with zero attached hydrogens (tertiary/aromatic N) is 1. The molecule has 1 aromatic carbocycles. The monoisotopic (exact) mass is 252 g/mol. The molecule has 0 amide bonds. The van der Waals surface area contributed by atoms with Gasteiger partial charge in [-0.1, -0.05) is 6.07 Å². The Kier molecular flexibility index (Phi) is 2.88. The number of hydrogen-bond acceptors (Lipinski definition) is 4. The molecule has 0 bridgehead atoms. The van der Waals surface area contributed by atoms with Crippen molar-refractivity contribution < 1.29 is 14.2 Å². The van der Waals surface area contributed by atoms with E-state index in [4.69, 9.17) is 4.74 Å². The van der Waals surface area contributed by atoms with Crippen LogP contribution in [-0.4, -0.2) is 21.8 Å². The molecule has 0 aliphatic heterocycles. The zero-order chi connectivity index (χ0) is 13.3. The van der Waals surface area contributed by atoms with Gasteiger partial charge in [0.15, 0.2) is 0 Å². The third kappa shape index (κ3) is 1.86. The summed E-state index contributed by atoms with van der Waals surface area (Å²) < 4.78 is 18.8. The van der Waals surface area contributed by atoms with Gasteiger partial charge >= 0.3 is 5.69 Å². The Bertz CT molecular complexity index is 705. The van der Waals surface area contributed by atoms with E-state index in [1.807, 2.05) is 0 Å². The van der Waals surface area contributed by atoms with Crippen molar-refractivity contribution in [3.05, 3.63) is 50.9 Å². The number of methoxy groups -OCH3 is 1. The molecule has 0 atom stereocenters. The van der Waals surface area contributed by atoms with Crippen LogP contribution in [0.4, 0.5) is 4.39 Å². The lowest BCUT2D eigenvalue weighted by molar-refractivity contribution is 0.385. The number of ether oxygens (including phenoxy) is 1. The molecule has 1 heterocycles. The Morgan fingerprint density at radius 1 is 1.39 bits per heavy atom. The maximum atomic E-state index is 13.3. The SMILES string of the molecule is COc1cccc(-n2c(O)c(F)c(=O)[nH]c2=O)c1. The second-order valence-electron chi connectivity index (χ2n) is 3.43. The first-order valence-electron chi connectivity index (χ1n) is 4.93. The smallest absolute Gasteiger partial charge is 0.335 e. The van der Waals surface area contributed by atoms with Crippen molar-refractivity contribution in [2.24, 2.45) is 0 Å². The van der Waals surface area contributed by atoms with E-state index in [2.05, 4.69) is 0 Å². The highest BCUT2D eigenvalue weighted by atomic mass is 19.1. The summed E-state index contributed by atoms with van der Waals surface area (Å²) in [6.45, 7) is 0. The normalized spacial score (nSPS) is 10.3. The minimum absolute atomic E-state index is 0.173. The Morgan fingerprint density at radius 3 is 2.78 bits per heavy atom. The maximum Gasteiger partial charge on any atom is 0.335 e. The second-order valence-corrected chi connectivity index (χ2v) is 3.43.